The zero-order valence-electron chi connectivity index (χ0n) is 37.1. The fourth-order valence-corrected chi connectivity index (χ4v) is 6.49. The third kappa shape index (κ3) is 12.0. The van der Waals surface area contributed by atoms with Crippen molar-refractivity contribution in [1.29, 1.82) is 0 Å². The molecule has 0 radical (unpaired) electrons. The summed E-state index contributed by atoms with van der Waals surface area (Å²) in [4.78, 5) is 48.4. The van der Waals surface area contributed by atoms with Crippen LogP contribution in [0, 0.1) is 27.7 Å². The van der Waals surface area contributed by atoms with Gasteiger partial charge in [-0.05, 0) is 142 Å². The van der Waals surface area contributed by atoms with Crippen LogP contribution >= 0.6 is 0 Å². The molecule has 0 fully saturated rings. The number of benzene rings is 4. The number of carbonyl (C=O) groups excluding carboxylic acids is 2. The van der Waals surface area contributed by atoms with Crippen molar-refractivity contribution in [2.45, 2.75) is 132 Å². The van der Waals surface area contributed by atoms with E-state index in [1.807, 2.05) is 83.1 Å². The molecule has 4 aromatic rings. The SMILES string of the molecule is Cc1cc(C(=O)O)cc(C)c1OC(=O)c1cc(C(C)(C)C)c([O-])c(C(C)(C)C)c1.Cc1cc(C(=O)O)cc(C)c1OC(=O)c1cc(C(C)(C)C)c([O-])c(C(C)(C)C)c1.[Ni+2]. The van der Waals surface area contributed by atoms with Crippen LogP contribution in [0.3, 0.4) is 0 Å². The topological polar surface area (TPSA) is 173 Å². The molecule has 0 aliphatic carbocycles. The van der Waals surface area contributed by atoms with Gasteiger partial charge in [0.15, 0.2) is 0 Å². The number of carboxylic acids is 2. The van der Waals surface area contributed by atoms with Crippen molar-refractivity contribution in [2.24, 2.45) is 0 Å². The number of carboxylic acid groups (broad SMARTS) is 2. The smallest absolute Gasteiger partial charge is 0.872 e. The van der Waals surface area contributed by atoms with Crippen LogP contribution in [-0.2, 0) is 38.2 Å². The molecule has 11 heteroatoms. The molecule has 0 aromatic heterocycles. The van der Waals surface area contributed by atoms with Gasteiger partial charge in [0.1, 0.15) is 11.5 Å². The Bertz CT molecular complexity index is 2000. The molecule has 10 nitrogen and oxygen atoms in total. The Kier molecular flexibility index (Phi) is 15.3. The van der Waals surface area contributed by atoms with Crippen LogP contribution in [0.2, 0.25) is 0 Å². The Morgan fingerprint density at radius 1 is 0.424 bits per heavy atom. The summed E-state index contributed by atoms with van der Waals surface area (Å²) in [7, 11) is 0. The van der Waals surface area contributed by atoms with Gasteiger partial charge in [-0.1, -0.05) is 83.1 Å². The summed E-state index contributed by atoms with van der Waals surface area (Å²) in [5.74, 6) is -2.67. The van der Waals surface area contributed by atoms with Gasteiger partial charge in [0.2, 0.25) is 0 Å². The zero-order chi connectivity index (χ0) is 44.6. The molecule has 59 heavy (non-hydrogen) atoms. The van der Waals surface area contributed by atoms with Gasteiger partial charge in [-0.25, -0.2) is 19.2 Å². The van der Waals surface area contributed by atoms with Crippen molar-refractivity contribution in [2.75, 3.05) is 0 Å². The fourth-order valence-electron chi connectivity index (χ4n) is 6.49. The van der Waals surface area contributed by atoms with E-state index in [1.54, 1.807) is 52.0 Å². The van der Waals surface area contributed by atoms with Crippen LogP contribution in [0.15, 0.2) is 48.5 Å². The average Bonchev–Trinajstić information content (AvgIpc) is 3.05. The zero-order valence-corrected chi connectivity index (χ0v) is 38.1. The third-order valence-corrected chi connectivity index (χ3v) is 9.69. The molecule has 2 N–H and O–H groups in total. The normalized spacial score (nSPS) is 11.8. The van der Waals surface area contributed by atoms with E-state index in [0.29, 0.717) is 67.1 Å². The Labute approximate surface area is 358 Å². The maximum absolute atomic E-state index is 13.0. The molecule has 0 aliphatic heterocycles. The van der Waals surface area contributed by atoms with E-state index in [4.69, 9.17) is 9.47 Å². The Balaban J connectivity index is 0.000000400. The molecule has 0 aliphatic rings. The summed E-state index contributed by atoms with van der Waals surface area (Å²) in [5, 5.41) is 44.4. The van der Waals surface area contributed by atoms with Crippen molar-refractivity contribution < 1.29 is 65.6 Å². The summed E-state index contributed by atoms with van der Waals surface area (Å²) in [5.41, 5.74) is 3.66. The molecular formula is C48H58NiO10. The first kappa shape index (κ1) is 50.0. The second kappa shape index (κ2) is 18.0. The van der Waals surface area contributed by atoms with E-state index >= 15 is 0 Å². The van der Waals surface area contributed by atoms with E-state index in [9.17, 15) is 39.6 Å². The number of hydrogen-bond acceptors (Lipinski definition) is 8. The van der Waals surface area contributed by atoms with Gasteiger partial charge in [0, 0.05) is 0 Å². The second-order valence-electron chi connectivity index (χ2n) is 19.1. The Morgan fingerprint density at radius 2 is 0.627 bits per heavy atom. The number of aromatic carboxylic acids is 2. The van der Waals surface area contributed by atoms with E-state index < -0.39 is 45.5 Å². The van der Waals surface area contributed by atoms with E-state index in [1.165, 1.54) is 24.3 Å². The van der Waals surface area contributed by atoms with Crippen molar-refractivity contribution in [1.82, 2.24) is 0 Å². The minimum atomic E-state index is -1.04. The van der Waals surface area contributed by atoms with Crippen LogP contribution in [-0.4, -0.2) is 34.1 Å². The molecule has 0 amide bonds. The van der Waals surface area contributed by atoms with Crippen LogP contribution in [0.5, 0.6) is 23.0 Å². The van der Waals surface area contributed by atoms with Gasteiger partial charge in [0.05, 0.1) is 22.3 Å². The number of hydrogen-bond donors (Lipinski definition) is 2. The standard InChI is InChI=1S/2C24H30O5.Ni/c2*1-13-9-15(21(26)27)10-14(2)20(13)29-22(28)16-11-17(23(3,4)5)19(25)18(12-16)24(6,7)8;/h2*9-12,25H,1-8H3,(H,26,27);/q;;+2/p-2. The van der Waals surface area contributed by atoms with E-state index in [2.05, 4.69) is 0 Å². The van der Waals surface area contributed by atoms with Crippen molar-refractivity contribution in [3.8, 4) is 23.0 Å². The molecule has 320 valence electrons. The van der Waals surface area contributed by atoms with Gasteiger partial charge >= 0.3 is 40.4 Å². The first-order valence-electron chi connectivity index (χ1n) is 19.1. The van der Waals surface area contributed by atoms with Crippen LogP contribution in [0.25, 0.3) is 0 Å². The summed E-state index contributed by atoms with van der Waals surface area (Å²) < 4.78 is 11.3. The Morgan fingerprint density at radius 3 is 0.797 bits per heavy atom. The summed E-state index contributed by atoms with van der Waals surface area (Å²) in [6.07, 6.45) is 0. The second-order valence-corrected chi connectivity index (χ2v) is 19.1. The number of rotatable bonds is 6. The molecule has 0 saturated heterocycles. The minimum Gasteiger partial charge on any atom is -0.872 e. The maximum Gasteiger partial charge on any atom is 2.00 e. The Hall–Kier alpha value is -5.15. The van der Waals surface area contributed by atoms with Gasteiger partial charge in [-0.2, -0.15) is 0 Å². The predicted molar refractivity (Wildman–Crippen MR) is 222 cm³/mol. The van der Waals surface area contributed by atoms with Gasteiger partial charge < -0.3 is 29.9 Å². The molecule has 4 aromatic carbocycles. The predicted octanol–water partition coefficient (Wildman–Crippen LogP) is 9.78. The molecular weight excluding hydrogens is 795 g/mol. The molecule has 0 heterocycles. The van der Waals surface area contributed by atoms with Crippen LogP contribution in [0.1, 0.15) is 169 Å². The van der Waals surface area contributed by atoms with Crippen molar-refractivity contribution >= 4 is 23.9 Å². The monoisotopic (exact) mass is 852 g/mol. The van der Waals surface area contributed by atoms with E-state index in [-0.39, 0.29) is 39.1 Å². The first-order chi connectivity index (χ1) is 26.2. The van der Waals surface area contributed by atoms with Crippen molar-refractivity contribution in [3.05, 3.63) is 115 Å². The molecule has 0 atom stereocenters. The average molecular weight is 854 g/mol. The van der Waals surface area contributed by atoms with E-state index in [0.717, 1.165) is 0 Å². The summed E-state index contributed by atoms with van der Waals surface area (Å²) in [6.45, 7) is 30.0. The van der Waals surface area contributed by atoms with Crippen molar-refractivity contribution in [3.63, 3.8) is 0 Å². The van der Waals surface area contributed by atoms with Crippen LogP contribution < -0.4 is 19.7 Å². The molecule has 0 unspecified atom stereocenters. The largest absolute Gasteiger partial charge is 2.00 e. The fraction of sp³-hybridized carbons (Fsp3) is 0.417. The minimum absolute atomic E-state index is 0. The summed E-state index contributed by atoms with van der Waals surface area (Å²) in [6, 6.07) is 12.3. The number of aryl methyl sites for hydroxylation is 4. The molecule has 0 saturated carbocycles. The maximum atomic E-state index is 13.0. The van der Waals surface area contributed by atoms with Crippen LogP contribution in [0.4, 0.5) is 0 Å². The number of ether oxygens (including phenoxy) is 2. The molecule has 0 bridgehead atoms. The quantitative estimate of drug-likeness (QED) is 0.108. The number of esters is 2. The molecule has 4 rings (SSSR count). The third-order valence-electron chi connectivity index (χ3n) is 9.69. The first-order valence-corrected chi connectivity index (χ1v) is 19.1. The summed E-state index contributed by atoms with van der Waals surface area (Å²) >= 11 is 0. The van der Waals surface area contributed by atoms with Gasteiger partial charge in [-0.15, -0.1) is 11.5 Å². The van der Waals surface area contributed by atoms with Gasteiger partial charge in [0.25, 0.3) is 0 Å². The van der Waals surface area contributed by atoms with Gasteiger partial charge in [-0.3, -0.25) is 0 Å². The number of carbonyl (C=O) groups is 4. The molecule has 0 spiro atoms.